The number of methoxy groups -OCH3 is 1. The number of carbonyl (C=O) groups is 1. The van der Waals surface area contributed by atoms with Gasteiger partial charge in [-0.2, -0.15) is 0 Å². The van der Waals surface area contributed by atoms with Crippen molar-refractivity contribution >= 4 is 5.78 Å². The molecule has 0 saturated carbocycles. The molecule has 0 unspecified atom stereocenters. The molecule has 1 aromatic rings. The molecule has 20 heavy (non-hydrogen) atoms. The van der Waals surface area contributed by atoms with Crippen LogP contribution in [0.3, 0.4) is 0 Å². The standard InChI is InChI=1S/C17H22O3/c1-19-13-20-17(15-8-5-9-16(18)12-15)11-10-14-6-3-2-4-7-14/h2-4,6-7,12,17H,5,8-11,13H2,1H3/t17-/m1/s1. The van der Waals surface area contributed by atoms with E-state index in [0.717, 1.165) is 31.3 Å². The van der Waals surface area contributed by atoms with E-state index in [9.17, 15) is 4.79 Å². The minimum Gasteiger partial charge on any atom is -0.359 e. The molecule has 2 rings (SSSR count). The zero-order valence-electron chi connectivity index (χ0n) is 12.0. The Labute approximate surface area is 120 Å². The number of allylic oxidation sites excluding steroid dienone is 1. The lowest BCUT2D eigenvalue weighted by atomic mass is 9.91. The third-order valence-corrected chi connectivity index (χ3v) is 3.57. The smallest absolute Gasteiger partial charge is 0.155 e. The molecule has 0 spiro atoms. The molecule has 0 saturated heterocycles. The average molecular weight is 274 g/mol. The molecule has 0 aliphatic heterocycles. The van der Waals surface area contributed by atoms with Gasteiger partial charge in [-0.3, -0.25) is 4.79 Å². The molecule has 0 amide bonds. The molecule has 3 heteroatoms. The van der Waals surface area contributed by atoms with Crippen LogP contribution in [0.15, 0.2) is 42.0 Å². The highest BCUT2D eigenvalue weighted by atomic mass is 16.7. The summed E-state index contributed by atoms with van der Waals surface area (Å²) in [4.78, 5) is 11.6. The minimum atomic E-state index is -0.0144. The predicted octanol–water partition coefficient (Wildman–Crippen LogP) is 3.29. The highest BCUT2D eigenvalue weighted by Crippen LogP contribution is 2.23. The van der Waals surface area contributed by atoms with Crippen molar-refractivity contribution in [2.45, 2.75) is 38.2 Å². The van der Waals surface area contributed by atoms with Crippen molar-refractivity contribution in [2.24, 2.45) is 0 Å². The van der Waals surface area contributed by atoms with Gasteiger partial charge in [-0.05, 0) is 42.9 Å². The first-order valence-electron chi connectivity index (χ1n) is 7.17. The maximum Gasteiger partial charge on any atom is 0.155 e. The second kappa shape index (κ2) is 7.98. The molecule has 1 atom stereocenters. The lowest BCUT2D eigenvalue weighted by Gasteiger charge is -2.23. The Morgan fingerprint density at radius 3 is 2.70 bits per heavy atom. The predicted molar refractivity (Wildman–Crippen MR) is 78.5 cm³/mol. The normalized spacial score (nSPS) is 16.9. The lowest BCUT2D eigenvalue weighted by Crippen LogP contribution is -2.21. The van der Waals surface area contributed by atoms with Gasteiger partial charge < -0.3 is 9.47 Å². The van der Waals surface area contributed by atoms with Gasteiger partial charge in [-0.1, -0.05) is 30.3 Å². The largest absolute Gasteiger partial charge is 0.359 e. The number of ether oxygens (including phenoxy) is 2. The Balaban J connectivity index is 1.98. The Morgan fingerprint density at radius 2 is 2.00 bits per heavy atom. The summed E-state index contributed by atoms with van der Waals surface area (Å²) in [5.74, 6) is 0.219. The van der Waals surface area contributed by atoms with Crippen LogP contribution in [-0.4, -0.2) is 25.8 Å². The number of hydrogen-bond donors (Lipinski definition) is 0. The third-order valence-electron chi connectivity index (χ3n) is 3.57. The Hall–Kier alpha value is -1.45. The summed E-state index contributed by atoms with van der Waals surface area (Å²) >= 11 is 0. The monoisotopic (exact) mass is 274 g/mol. The van der Waals surface area contributed by atoms with Crippen LogP contribution in [0.2, 0.25) is 0 Å². The number of rotatable bonds is 7. The van der Waals surface area contributed by atoms with Gasteiger partial charge >= 0.3 is 0 Å². The summed E-state index contributed by atoms with van der Waals surface area (Å²) in [5.41, 5.74) is 2.41. The molecule has 108 valence electrons. The number of ketones is 1. The van der Waals surface area contributed by atoms with Crippen LogP contribution in [0.4, 0.5) is 0 Å². The molecule has 1 aromatic carbocycles. The summed E-state index contributed by atoms with van der Waals surface area (Å²) in [7, 11) is 1.62. The van der Waals surface area contributed by atoms with E-state index in [2.05, 4.69) is 12.1 Å². The molecule has 0 bridgehead atoms. The van der Waals surface area contributed by atoms with Crippen molar-refractivity contribution in [3.05, 3.63) is 47.5 Å². The van der Waals surface area contributed by atoms with E-state index >= 15 is 0 Å². The molecule has 0 fully saturated rings. The Bertz CT molecular complexity index is 451. The van der Waals surface area contributed by atoms with E-state index in [1.54, 1.807) is 13.2 Å². The first-order chi connectivity index (χ1) is 9.79. The van der Waals surface area contributed by atoms with Gasteiger partial charge in [-0.15, -0.1) is 0 Å². The van der Waals surface area contributed by atoms with Crippen LogP contribution >= 0.6 is 0 Å². The van der Waals surface area contributed by atoms with Gasteiger partial charge in [0.1, 0.15) is 6.79 Å². The van der Waals surface area contributed by atoms with E-state index in [1.165, 1.54) is 5.56 Å². The van der Waals surface area contributed by atoms with Crippen LogP contribution in [0.5, 0.6) is 0 Å². The number of benzene rings is 1. The van der Waals surface area contributed by atoms with E-state index in [1.807, 2.05) is 18.2 Å². The molecule has 0 N–H and O–H groups in total. The maximum absolute atomic E-state index is 11.6. The van der Waals surface area contributed by atoms with Crippen LogP contribution in [-0.2, 0) is 20.7 Å². The van der Waals surface area contributed by atoms with Crippen molar-refractivity contribution in [1.82, 2.24) is 0 Å². The van der Waals surface area contributed by atoms with Crippen molar-refractivity contribution in [3.63, 3.8) is 0 Å². The van der Waals surface area contributed by atoms with Crippen molar-refractivity contribution in [2.75, 3.05) is 13.9 Å². The van der Waals surface area contributed by atoms with Gasteiger partial charge in [-0.25, -0.2) is 0 Å². The fraction of sp³-hybridized carbons (Fsp3) is 0.471. The summed E-state index contributed by atoms with van der Waals surface area (Å²) < 4.78 is 10.8. The SMILES string of the molecule is COCO[C@H](CCc1ccccc1)C1=CC(=O)CCC1. The number of carbonyl (C=O) groups excluding carboxylic acids is 1. The van der Waals surface area contributed by atoms with Gasteiger partial charge in [0.15, 0.2) is 5.78 Å². The van der Waals surface area contributed by atoms with Gasteiger partial charge in [0, 0.05) is 13.5 Å². The first-order valence-corrected chi connectivity index (χ1v) is 7.17. The molecular formula is C17H22O3. The van der Waals surface area contributed by atoms with E-state index < -0.39 is 0 Å². The van der Waals surface area contributed by atoms with Crippen LogP contribution < -0.4 is 0 Å². The molecule has 3 nitrogen and oxygen atoms in total. The molecular weight excluding hydrogens is 252 g/mol. The fourth-order valence-corrected chi connectivity index (χ4v) is 2.54. The molecule has 0 radical (unpaired) electrons. The topological polar surface area (TPSA) is 35.5 Å². The second-order valence-corrected chi connectivity index (χ2v) is 5.13. The third kappa shape index (κ3) is 4.58. The number of aryl methyl sites for hydroxylation is 1. The molecule has 0 heterocycles. The van der Waals surface area contributed by atoms with Gasteiger partial charge in [0.25, 0.3) is 0 Å². The zero-order chi connectivity index (χ0) is 14.2. The van der Waals surface area contributed by atoms with Crippen molar-refractivity contribution in [1.29, 1.82) is 0 Å². The Morgan fingerprint density at radius 1 is 1.20 bits per heavy atom. The second-order valence-electron chi connectivity index (χ2n) is 5.13. The Kier molecular flexibility index (Phi) is 5.96. The highest BCUT2D eigenvalue weighted by molar-refractivity contribution is 5.91. The maximum atomic E-state index is 11.6. The summed E-state index contributed by atoms with van der Waals surface area (Å²) in [6, 6.07) is 10.3. The molecule has 0 aromatic heterocycles. The van der Waals surface area contributed by atoms with E-state index in [0.29, 0.717) is 6.42 Å². The lowest BCUT2D eigenvalue weighted by molar-refractivity contribution is -0.115. The van der Waals surface area contributed by atoms with Crippen molar-refractivity contribution in [3.8, 4) is 0 Å². The quantitative estimate of drug-likeness (QED) is 0.716. The highest BCUT2D eigenvalue weighted by Gasteiger charge is 2.19. The van der Waals surface area contributed by atoms with E-state index in [-0.39, 0.29) is 18.7 Å². The molecule has 1 aliphatic rings. The van der Waals surface area contributed by atoms with Crippen LogP contribution in [0.1, 0.15) is 31.2 Å². The number of hydrogen-bond acceptors (Lipinski definition) is 3. The van der Waals surface area contributed by atoms with Crippen molar-refractivity contribution < 1.29 is 14.3 Å². The van der Waals surface area contributed by atoms with Gasteiger partial charge in [0.05, 0.1) is 6.10 Å². The summed E-state index contributed by atoms with van der Waals surface area (Å²) in [6.45, 7) is 0.269. The molecule has 1 aliphatic carbocycles. The summed E-state index contributed by atoms with van der Waals surface area (Å²) in [5, 5.41) is 0. The summed E-state index contributed by atoms with van der Waals surface area (Å²) in [6.07, 6.45) is 6.14. The average Bonchev–Trinajstić information content (AvgIpc) is 2.48. The zero-order valence-corrected chi connectivity index (χ0v) is 12.0. The fourth-order valence-electron chi connectivity index (χ4n) is 2.54. The van der Waals surface area contributed by atoms with Crippen LogP contribution in [0, 0.1) is 0 Å². The van der Waals surface area contributed by atoms with E-state index in [4.69, 9.17) is 9.47 Å². The van der Waals surface area contributed by atoms with Gasteiger partial charge in [0.2, 0.25) is 0 Å². The first kappa shape index (κ1) is 14.9. The van der Waals surface area contributed by atoms with Crippen LogP contribution in [0.25, 0.3) is 0 Å². The minimum absolute atomic E-state index is 0.0144.